The van der Waals surface area contributed by atoms with E-state index < -0.39 is 0 Å². The number of hydrogen-bond acceptors (Lipinski definition) is 3. The van der Waals surface area contributed by atoms with Gasteiger partial charge in [0, 0.05) is 5.69 Å². The summed E-state index contributed by atoms with van der Waals surface area (Å²) in [5.41, 5.74) is 5.51. The summed E-state index contributed by atoms with van der Waals surface area (Å²) in [4.78, 5) is 12.0. The van der Waals surface area contributed by atoms with Gasteiger partial charge in [0.2, 0.25) is 0 Å². The second-order valence-corrected chi connectivity index (χ2v) is 6.47. The van der Waals surface area contributed by atoms with E-state index in [2.05, 4.69) is 29.7 Å². The molecule has 0 heterocycles. The standard InChI is InChI=1S/C20H24N2O2S/c1-5-16-6-8-17(9-7-16)24-12-18(23)21-20(25)22-19-14(3)10-13(2)11-15(19)4/h6-11H,5,12H2,1-4H3,(H2,21,22,23,25). The number of aryl methyl sites for hydroxylation is 4. The van der Waals surface area contributed by atoms with Crippen LogP contribution in [0.3, 0.4) is 0 Å². The molecule has 0 aliphatic rings. The van der Waals surface area contributed by atoms with Crippen LogP contribution in [0, 0.1) is 20.8 Å². The van der Waals surface area contributed by atoms with Crippen LogP contribution in [0.1, 0.15) is 29.2 Å². The monoisotopic (exact) mass is 356 g/mol. The van der Waals surface area contributed by atoms with Crippen molar-refractivity contribution >= 4 is 28.9 Å². The van der Waals surface area contributed by atoms with Crippen LogP contribution in [-0.4, -0.2) is 17.6 Å². The first-order valence-corrected chi connectivity index (χ1v) is 8.70. The van der Waals surface area contributed by atoms with E-state index in [0.29, 0.717) is 5.75 Å². The molecule has 2 aromatic rings. The Balaban J connectivity index is 1.86. The summed E-state index contributed by atoms with van der Waals surface area (Å²) in [7, 11) is 0. The maximum absolute atomic E-state index is 12.0. The zero-order valence-corrected chi connectivity index (χ0v) is 15.9. The van der Waals surface area contributed by atoms with Crippen molar-refractivity contribution in [3.05, 3.63) is 58.7 Å². The lowest BCUT2D eigenvalue weighted by atomic mass is 10.1. The summed E-state index contributed by atoms with van der Waals surface area (Å²) in [6, 6.07) is 11.8. The highest BCUT2D eigenvalue weighted by atomic mass is 32.1. The lowest BCUT2D eigenvalue weighted by Gasteiger charge is -2.15. The van der Waals surface area contributed by atoms with Gasteiger partial charge < -0.3 is 10.1 Å². The maximum Gasteiger partial charge on any atom is 0.264 e. The van der Waals surface area contributed by atoms with Gasteiger partial charge in [-0.2, -0.15) is 0 Å². The molecular formula is C20H24N2O2S. The van der Waals surface area contributed by atoms with Gasteiger partial charge in [0.05, 0.1) is 0 Å². The van der Waals surface area contributed by atoms with Crippen LogP contribution in [0.25, 0.3) is 0 Å². The minimum absolute atomic E-state index is 0.0842. The summed E-state index contributed by atoms with van der Waals surface area (Å²) in [6.45, 7) is 8.08. The first-order valence-electron chi connectivity index (χ1n) is 8.29. The van der Waals surface area contributed by atoms with Crippen molar-refractivity contribution in [1.82, 2.24) is 5.32 Å². The molecule has 0 unspecified atom stereocenters. The Bertz CT molecular complexity index is 747. The Labute approximate surface area is 154 Å². The van der Waals surface area contributed by atoms with Gasteiger partial charge in [0.25, 0.3) is 5.91 Å². The smallest absolute Gasteiger partial charge is 0.264 e. The number of carbonyl (C=O) groups excluding carboxylic acids is 1. The second-order valence-electron chi connectivity index (χ2n) is 6.06. The predicted molar refractivity (Wildman–Crippen MR) is 106 cm³/mol. The van der Waals surface area contributed by atoms with Gasteiger partial charge in [-0.1, -0.05) is 36.8 Å². The van der Waals surface area contributed by atoms with E-state index in [1.807, 2.05) is 45.0 Å². The number of hydrogen-bond donors (Lipinski definition) is 2. The molecule has 0 saturated carbocycles. The van der Waals surface area contributed by atoms with Crippen molar-refractivity contribution in [2.24, 2.45) is 0 Å². The predicted octanol–water partition coefficient (Wildman–Crippen LogP) is 4.07. The molecule has 2 rings (SSSR count). The zero-order valence-electron chi connectivity index (χ0n) is 15.1. The summed E-state index contributed by atoms with van der Waals surface area (Å²) < 4.78 is 5.48. The average Bonchev–Trinajstić information content (AvgIpc) is 2.56. The number of carbonyl (C=O) groups is 1. The quantitative estimate of drug-likeness (QED) is 0.793. The minimum atomic E-state index is -0.292. The normalized spacial score (nSPS) is 10.2. The molecule has 0 aromatic heterocycles. The Kier molecular flexibility index (Phi) is 6.53. The topological polar surface area (TPSA) is 50.4 Å². The van der Waals surface area contributed by atoms with E-state index in [0.717, 1.165) is 23.2 Å². The summed E-state index contributed by atoms with van der Waals surface area (Å²) in [5, 5.41) is 6.01. The molecule has 25 heavy (non-hydrogen) atoms. The Hall–Kier alpha value is -2.40. The SMILES string of the molecule is CCc1ccc(OCC(=O)NC(=S)Nc2c(C)cc(C)cc2C)cc1. The van der Waals surface area contributed by atoms with Crippen LogP contribution in [0.4, 0.5) is 5.69 Å². The molecule has 2 aromatic carbocycles. The number of rotatable bonds is 5. The van der Waals surface area contributed by atoms with E-state index in [1.54, 1.807) is 0 Å². The van der Waals surface area contributed by atoms with Gasteiger partial charge in [-0.3, -0.25) is 10.1 Å². The van der Waals surface area contributed by atoms with Crippen LogP contribution in [0.2, 0.25) is 0 Å². The molecule has 0 saturated heterocycles. The maximum atomic E-state index is 12.0. The largest absolute Gasteiger partial charge is 0.484 e. The number of ether oxygens (including phenoxy) is 1. The van der Waals surface area contributed by atoms with Crippen molar-refractivity contribution in [2.45, 2.75) is 34.1 Å². The molecule has 132 valence electrons. The summed E-state index contributed by atoms with van der Waals surface area (Å²) in [6.07, 6.45) is 0.971. The number of thiocarbonyl (C=S) groups is 1. The van der Waals surface area contributed by atoms with E-state index >= 15 is 0 Å². The van der Waals surface area contributed by atoms with E-state index in [4.69, 9.17) is 17.0 Å². The number of benzene rings is 2. The van der Waals surface area contributed by atoms with Crippen LogP contribution in [0.5, 0.6) is 5.75 Å². The number of nitrogens with one attached hydrogen (secondary N) is 2. The van der Waals surface area contributed by atoms with Gasteiger partial charge in [0.15, 0.2) is 11.7 Å². The van der Waals surface area contributed by atoms with Crippen molar-refractivity contribution < 1.29 is 9.53 Å². The first kappa shape index (κ1) is 18.9. The molecule has 0 aliphatic carbocycles. The lowest BCUT2D eigenvalue weighted by Crippen LogP contribution is -2.37. The van der Waals surface area contributed by atoms with E-state index in [-0.39, 0.29) is 17.6 Å². The molecule has 1 amide bonds. The molecule has 0 radical (unpaired) electrons. The molecular weight excluding hydrogens is 332 g/mol. The fourth-order valence-electron chi connectivity index (χ4n) is 2.65. The highest BCUT2D eigenvalue weighted by molar-refractivity contribution is 7.80. The molecule has 5 heteroatoms. The van der Waals surface area contributed by atoms with Crippen LogP contribution >= 0.6 is 12.2 Å². The Morgan fingerprint density at radius 1 is 1.08 bits per heavy atom. The van der Waals surface area contributed by atoms with Crippen molar-refractivity contribution in [1.29, 1.82) is 0 Å². The van der Waals surface area contributed by atoms with Gasteiger partial charge in [-0.05, 0) is 68.2 Å². The van der Waals surface area contributed by atoms with Crippen molar-refractivity contribution in [2.75, 3.05) is 11.9 Å². The second kappa shape index (κ2) is 8.62. The highest BCUT2D eigenvalue weighted by Gasteiger charge is 2.09. The van der Waals surface area contributed by atoms with Crippen LogP contribution in [-0.2, 0) is 11.2 Å². The van der Waals surface area contributed by atoms with Gasteiger partial charge >= 0.3 is 0 Å². The van der Waals surface area contributed by atoms with E-state index in [9.17, 15) is 4.79 Å². The first-order chi connectivity index (χ1) is 11.9. The van der Waals surface area contributed by atoms with Crippen molar-refractivity contribution in [3.63, 3.8) is 0 Å². The molecule has 2 N–H and O–H groups in total. The molecule has 0 aliphatic heterocycles. The van der Waals surface area contributed by atoms with Crippen LogP contribution in [0.15, 0.2) is 36.4 Å². The third kappa shape index (κ3) is 5.57. The molecule has 0 atom stereocenters. The molecule has 0 bridgehead atoms. The zero-order chi connectivity index (χ0) is 18.4. The molecule has 4 nitrogen and oxygen atoms in total. The minimum Gasteiger partial charge on any atom is -0.484 e. The molecule has 0 fully saturated rings. The fraction of sp³-hybridized carbons (Fsp3) is 0.300. The van der Waals surface area contributed by atoms with Crippen molar-refractivity contribution in [3.8, 4) is 5.75 Å². The number of anilines is 1. The van der Waals surface area contributed by atoms with Gasteiger partial charge in [0.1, 0.15) is 5.75 Å². The Morgan fingerprint density at radius 3 is 2.24 bits per heavy atom. The lowest BCUT2D eigenvalue weighted by molar-refractivity contribution is -0.121. The average molecular weight is 356 g/mol. The summed E-state index contributed by atoms with van der Waals surface area (Å²) in [5.74, 6) is 0.371. The van der Waals surface area contributed by atoms with Crippen LogP contribution < -0.4 is 15.4 Å². The van der Waals surface area contributed by atoms with Gasteiger partial charge in [-0.25, -0.2) is 0 Å². The summed E-state index contributed by atoms with van der Waals surface area (Å²) >= 11 is 5.23. The number of amides is 1. The third-order valence-electron chi connectivity index (χ3n) is 3.87. The fourth-order valence-corrected chi connectivity index (χ4v) is 2.87. The van der Waals surface area contributed by atoms with Gasteiger partial charge in [-0.15, -0.1) is 0 Å². The molecule has 0 spiro atoms. The highest BCUT2D eigenvalue weighted by Crippen LogP contribution is 2.21. The van der Waals surface area contributed by atoms with E-state index in [1.165, 1.54) is 11.1 Å². The Morgan fingerprint density at radius 2 is 1.68 bits per heavy atom. The third-order valence-corrected chi connectivity index (χ3v) is 4.07.